The molecule has 0 bridgehead atoms. The van der Waals surface area contributed by atoms with E-state index in [4.69, 9.17) is 102 Å². The number of likely N-dealkylation sites (N-methyl/N-ethyl adjacent to an activating group) is 1. The lowest BCUT2D eigenvalue weighted by Gasteiger charge is -2.25. The van der Waals surface area contributed by atoms with Crippen molar-refractivity contribution in [3.63, 3.8) is 0 Å². The largest absolute Gasteiger partial charge is 0.349 e. The Labute approximate surface area is 788 Å². The number of carbonyl (C=O) groups is 15. The molecule has 9 aliphatic rings. The third-order valence-corrected chi connectivity index (χ3v) is 25.5. The number of amides is 14. The van der Waals surface area contributed by atoms with Crippen LogP contribution in [-0.2, 0) is 166 Å². The minimum atomic E-state index is -4.07. The van der Waals surface area contributed by atoms with E-state index in [0.717, 1.165) is 41.9 Å². The molecular formula is C74H136N10O44P8. The van der Waals surface area contributed by atoms with Gasteiger partial charge < -0.3 is 63.2 Å². The molecule has 0 aromatic carbocycles. The van der Waals surface area contributed by atoms with Crippen LogP contribution in [0.5, 0.6) is 0 Å². The lowest BCUT2D eigenvalue weighted by Crippen LogP contribution is -2.41. The van der Waals surface area contributed by atoms with Crippen LogP contribution in [0.25, 0.3) is 0 Å². The van der Waals surface area contributed by atoms with Crippen molar-refractivity contribution in [1.29, 1.82) is 0 Å². The highest BCUT2D eigenvalue weighted by atomic mass is 31.2. The van der Waals surface area contributed by atoms with E-state index in [0.29, 0.717) is 50.7 Å². The zero-order chi connectivity index (χ0) is 105. The van der Waals surface area contributed by atoms with Gasteiger partial charge in [0.05, 0.1) is 120 Å². The van der Waals surface area contributed by atoms with Gasteiger partial charge in [-0.1, -0.05) is 13.8 Å². The summed E-state index contributed by atoms with van der Waals surface area (Å²) in [4.78, 5) is 297. The second-order valence-electron chi connectivity index (χ2n) is 34.6. The number of hydroxylamine groups is 18. The predicted molar refractivity (Wildman–Crippen MR) is 477 cm³/mol. The molecule has 11 atom stereocenters. The zero-order valence-electron chi connectivity index (χ0n) is 79.6. The molecular weight excluding hydrogens is 1980 g/mol. The number of carbonyl (C=O) groups excluding carboxylic acids is 15. The van der Waals surface area contributed by atoms with Crippen molar-refractivity contribution in [2.75, 3.05) is 190 Å². The van der Waals surface area contributed by atoms with Crippen molar-refractivity contribution in [2.45, 2.75) is 170 Å². The number of nitrogens with zero attached hydrogens (tertiary/aromatic N) is 10. The molecule has 0 aliphatic carbocycles. The van der Waals surface area contributed by atoms with Crippen LogP contribution in [0.1, 0.15) is 158 Å². The monoisotopic (exact) mass is 2120 g/mol. The van der Waals surface area contributed by atoms with E-state index in [-0.39, 0.29) is 257 Å². The third kappa shape index (κ3) is 56.2. The van der Waals surface area contributed by atoms with E-state index in [9.17, 15) is 108 Å². The second-order valence-corrected chi connectivity index (χ2v) is 53.7. The molecule has 0 saturated carbocycles. The van der Waals surface area contributed by atoms with Gasteiger partial charge in [0.15, 0.2) is 35.3 Å². The fourth-order valence-electron chi connectivity index (χ4n) is 10.9. The van der Waals surface area contributed by atoms with Gasteiger partial charge in [-0.3, -0.25) is 152 Å². The van der Waals surface area contributed by atoms with Gasteiger partial charge in [0.25, 0.3) is 76.8 Å². The molecule has 9 N–H and O–H groups in total. The minimum Gasteiger partial charge on any atom is -0.349 e. The van der Waals surface area contributed by atoms with E-state index in [1.807, 2.05) is 14.1 Å². The Balaban J connectivity index is 0.000000766. The summed E-state index contributed by atoms with van der Waals surface area (Å²) in [6.07, 6.45) is 2.24. The minimum absolute atomic E-state index is 0.00903. The highest BCUT2D eigenvalue weighted by Crippen LogP contribution is 2.42. The van der Waals surface area contributed by atoms with E-state index in [2.05, 4.69) is 0 Å². The summed E-state index contributed by atoms with van der Waals surface area (Å²) in [5.41, 5.74) is -1.22. The Hall–Kier alpha value is -5.79. The summed E-state index contributed by atoms with van der Waals surface area (Å²) < 4.78 is 101. The number of hydrogen-bond acceptors (Lipinski definition) is 36. The lowest BCUT2D eigenvalue weighted by molar-refractivity contribution is -0.198. The van der Waals surface area contributed by atoms with Crippen LogP contribution in [0.2, 0.25) is 0 Å². The standard InChI is InChI=1S/2C10H18NO5P.C9H16N2O3.C9H16NO5P.C8H16NO5P.C8H14NO5P.C7H12NO6P.C7H14NO5P.C6H12NO5P/c1-10(2)7-16-11(9(10)13)8(12)5-4-6-17(3,14)15;1-7-8(2)16-11(10(7)13)9(12)5-4-6-17(3,14)15;1-10(2)6-8(12)7-11-9(13)4-3-5-14-11;1-7-6-15-10(9(7)12)8(11)4-3-5-16(2,13)14;1-8(2)4-14-9(7(8)10)5-13-6-15(3,11)12;1-15(12,13)6-2-3-7(10)9-8(11)4-5-14-9;9-6(2-1-5-15(11,12)13)8-7(10)3-4-14-8;1-6-3-7(9)8(13-6)4-12-5-14(2,10)11;1-13(9,10)5-11-4-7-6(8)2-3-12-7/h4-7H2,1-3H3,(H,14,15);7-8H,4-6H2,1-3H3,(H,14,15);3-7H2,1-2H3;7H,3-6H2,1-2H3,(H,13,14);4-6H2,1-3H3,(H,11,12);2-6H2,1H3,(H,12,13);1-5H2,(H2,11,12,13);6H,3-5H2,1-2H3,(H,10,11);2-5H2,1H3,(H,9,10). The first kappa shape index (κ1) is 128. The van der Waals surface area contributed by atoms with Crippen LogP contribution >= 0.6 is 59.2 Å². The molecule has 0 radical (unpaired) electrons. The number of Topliss-reactive ketones (excluding diaryl/α,β-unsaturated/α-hetero) is 1. The smallest absolute Gasteiger partial charge is 0.325 e. The SMILES string of the molecule is CC1(C)CON(C(=O)CCCP(C)(=O)O)C1=O.CC1(C)CON(COCP(C)(=O)O)C1=O.CC1CC(=O)N(COCP(C)(=O)O)O1.CC1CON(C(=O)CCCP(C)(=O)O)C1=O.CC1ON(C(=O)CCCP(C)(=O)O)C(=O)C1C.CN(C)CC(=O)CN1OCCCC1=O.CP(=O)(O)CCCC(=O)N1OCCC1=O.CP(=O)(O)COCN1OCCC1=O.O=C(CCCP(=O)(O)O)N1OCCC1=O. The number of ether oxygens (including phenoxy) is 3. The molecule has 9 fully saturated rings. The van der Waals surface area contributed by atoms with Gasteiger partial charge in [0.2, 0.25) is 28.0 Å². The van der Waals surface area contributed by atoms with Gasteiger partial charge in [-0.15, -0.1) is 0 Å². The molecule has 9 saturated heterocycles. The van der Waals surface area contributed by atoms with Crippen LogP contribution in [0.15, 0.2) is 0 Å². The molecule has 62 heteroatoms. The first-order valence-electron chi connectivity index (χ1n) is 42.4. The molecule has 0 aromatic heterocycles. The van der Waals surface area contributed by atoms with Crippen LogP contribution in [0.4, 0.5) is 0 Å². The summed E-state index contributed by atoms with van der Waals surface area (Å²) in [5, 5.41) is 8.12. The molecule has 14 amide bonds. The van der Waals surface area contributed by atoms with E-state index in [1.54, 1.807) is 60.3 Å². The Morgan fingerprint density at radius 1 is 0.390 bits per heavy atom. The summed E-state index contributed by atoms with van der Waals surface area (Å²) in [5.74, 6) is -5.34. The summed E-state index contributed by atoms with van der Waals surface area (Å²) in [6.45, 7) is 24.5. The van der Waals surface area contributed by atoms with Crippen molar-refractivity contribution in [2.24, 2.45) is 22.7 Å². The number of rotatable bonds is 36. The topological polar surface area (TPSA) is 718 Å². The summed E-state index contributed by atoms with van der Waals surface area (Å²) in [7, 11) is -22.3. The van der Waals surface area contributed by atoms with Gasteiger partial charge in [0, 0.05) is 110 Å². The summed E-state index contributed by atoms with van der Waals surface area (Å²) >= 11 is 0. The van der Waals surface area contributed by atoms with Gasteiger partial charge in [-0.25, -0.2) is 5.06 Å². The van der Waals surface area contributed by atoms with Gasteiger partial charge in [-0.2, -0.15) is 40.5 Å². The van der Waals surface area contributed by atoms with Gasteiger partial charge in [0.1, 0.15) is 45.8 Å². The fraction of sp³-hybridized carbons (Fsp3) is 0.797. The number of imide groups is 5. The lowest BCUT2D eigenvalue weighted by atomic mass is 9.95. The van der Waals surface area contributed by atoms with Crippen LogP contribution < -0.4 is 0 Å². The number of ketones is 1. The maximum absolute atomic E-state index is 11.7. The number of hydrogen-bond donors (Lipinski definition) is 9. The maximum atomic E-state index is 11.7. The second kappa shape index (κ2) is 59.3. The Morgan fingerprint density at radius 2 is 0.757 bits per heavy atom. The molecule has 11 unspecified atom stereocenters. The van der Waals surface area contributed by atoms with Crippen LogP contribution in [0.3, 0.4) is 0 Å². The maximum Gasteiger partial charge on any atom is 0.325 e. The molecule has 0 aromatic rings. The first-order chi connectivity index (χ1) is 62.2. The molecule has 9 aliphatic heterocycles. The Kier molecular flexibility index (Phi) is 55.9. The average molecular weight is 2120 g/mol. The summed E-state index contributed by atoms with van der Waals surface area (Å²) in [6, 6.07) is 0. The van der Waals surface area contributed by atoms with E-state index in [1.165, 1.54) is 51.7 Å². The highest BCUT2D eigenvalue weighted by molar-refractivity contribution is 7.58. The highest BCUT2D eigenvalue weighted by Gasteiger charge is 2.45. The predicted octanol–water partition coefficient (Wildman–Crippen LogP) is 3.22. The van der Waals surface area contributed by atoms with Crippen LogP contribution in [-0.4, -0.2) is 385 Å². The van der Waals surface area contributed by atoms with Crippen LogP contribution in [0, 0.1) is 22.7 Å². The van der Waals surface area contributed by atoms with Crippen molar-refractivity contribution in [3.8, 4) is 0 Å². The molecule has 0 spiro atoms. The Morgan fingerprint density at radius 3 is 1.07 bits per heavy atom. The van der Waals surface area contributed by atoms with E-state index < -0.39 is 105 Å². The third-order valence-electron chi connectivity index (χ3n) is 18.1. The normalized spacial score (nSPS) is 22.7. The van der Waals surface area contributed by atoms with Crippen molar-refractivity contribution >= 4 is 148 Å². The molecule has 786 valence electrons. The molecule has 54 nitrogen and oxygen atoms in total. The van der Waals surface area contributed by atoms with Gasteiger partial charge >= 0.3 is 7.60 Å². The molecule has 9 heterocycles. The molecule has 136 heavy (non-hydrogen) atoms. The average Bonchev–Trinajstić information content (AvgIpc) is 1.66. The van der Waals surface area contributed by atoms with Crippen molar-refractivity contribution in [3.05, 3.63) is 0 Å². The van der Waals surface area contributed by atoms with Crippen molar-refractivity contribution < 1.29 is 210 Å². The zero-order valence-corrected chi connectivity index (χ0v) is 86.8. The van der Waals surface area contributed by atoms with Crippen molar-refractivity contribution in [1.82, 2.24) is 50.5 Å². The fourth-order valence-corrected chi connectivity index (χ4v) is 15.7. The molecule has 9 rings (SSSR count). The quantitative estimate of drug-likeness (QED) is 0.0407. The van der Waals surface area contributed by atoms with E-state index >= 15 is 0 Å². The Bertz CT molecular complexity index is 4340. The van der Waals surface area contributed by atoms with Gasteiger partial charge in [-0.05, 0) is 94.2 Å². The first-order valence-corrected chi connectivity index (χ1v) is 60.3.